The van der Waals surface area contributed by atoms with Crippen molar-refractivity contribution in [3.05, 3.63) is 64.6 Å². The Morgan fingerprint density at radius 2 is 1.69 bits per heavy atom. The second kappa shape index (κ2) is 8.10. The Kier molecular flexibility index (Phi) is 5.59. The van der Waals surface area contributed by atoms with Gasteiger partial charge in [-0.15, -0.1) is 0 Å². The van der Waals surface area contributed by atoms with Gasteiger partial charge in [0.2, 0.25) is 15.9 Å². The van der Waals surface area contributed by atoms with Gasteiger partial charge in [0.15, 0.2) is 5.58 Å². The second-order valence-corrected chi connectivity index (χ2v) is 9.17. The molecule has 2 heterocycles. The van der Waals surface area contributed by atoms with Gasteiger partial charge in [-0.1, -0.05) is 18.2 Å². The number of benzene rings is 2. The van der Waals surface area contributed by atoms with Gasteiger partial charge in [0.25, 0.3) is 0 Å². The van der Waals surface area contributed by atoms with Crippen molar-refractivity contribution >= 4 is 27.0 Å². The second-order valence-electron chi connectivity index (χ2n) is 7.23. The Bertz CT molecular complexity index is 1320. The Morgan fingerprint density at radius 3 is 2.38 bits per heavy atom. The molecule has 1 saturated heterocycles. The summed E-state index contributed by atoms with van der Waals surface area (Å²) in [6, 6.07) is 10.2. The molecule has 1 aliphatic heterocycles. The number of oxazole rings is 1. The van der Waals surface area contributed by atoms with Gasteiger partial charge in [-0.25, -0.2) is 13.2 Å². The molecule has 1 amide bonds. The number of aromatic nitrogens is 1. The lowest BCUT2D eigenvalue weighted by atomic mass is 10.2. The molecule has 1 aliphatic rings. The van der Waals surface area contributed by atoms with Crippen LogP contribution in [0.15, 0.2) is 62.6 Å². The summed E-state index contributed by atoms with van der Waals surface area (Å²) in [7, 11) is -4.15. The molecular weight excluding hydrogens is 451 g/mol. The maximum atomic E-state index is 12.9. The van der Waals surface area contributed by atoms with Crippen molar-refractivity contribution in [2.75, 3.05) is 26.2 Å². The van der Waals surface area contributed by atoms with Crippen molar-refractivity contribution in [3.8, 4) is 0 Å². The molecule has 0 spiro atoms. The predicted octanol–water partition coefficient (Wildman–Crippen LogP) is 2.15. The number of sulfonamides is 1. The SMILES string of the molecule is O=C(Cn1c(=O)oc2ccccc21)N1CCN(S(=O)(=O)c2cccc(C(F)(F)F)c2)CC1. The van der Waals surface area contributed by atoms with E-state index in [1.165, 1.54) is 9.47 Å². The van der Waals surface area contributed by atoms with E-state index in [1.54, 1.807) is 24.3 Å². The lowest BCUT2D eigenvalue weighted by Crippen LogP contribution is -2.51. The first-order valence-electron chi connectivity index (χ1n) is 9.61. The molecule has 2 aromatic carbocycles. The first kappa shape index (κ1) is 22.1. The monoisotopic (exact) mass is 469 g/mol. The third kappa shape index (κ3) is 4.15. The predicted molar refractivity (Wildman–Crippen MR) is 107 cm³/mol. The zero-order valence-corrected chi connectivity index (χ0v) is 17.4. The number of alkyl halides is 3. The van der Waals surface area contributed by atoms with Crippen molar-refractivity contribution < 1.29 is 30.8 Å². The van der Waals surface area contributed by atoms with Crippen LogP contribution in [0.4, 0.5) is 13.2 Å². The van der Waals surface area contributed by atoms with Crippen LogP contribution in [-0.2, 0) is 27.5 Å². The molecule has 1 fully saturated rings. The number of halogens is 3. The molecule has 0 bridgehead atoms. The Hall–Kier alpha value is -3.12. The van der Waals surface area contributed by atoms with Crippen molar-refractivity contribution in [2.24, 2.45) is 0 Å². The molecule has 0 saturated carbocycles. The van der Waals surface area contributed by atoms with Crippen molar-refractivity contribution in [1.82, 2.24) is 13.8 Å². The van der Waals surface area contributed by atoms with Gasteiger partial charge in [0.1, 0.15) is 6.54 Å². The number of carbonyl (C=O) groups is 1. The topological polar surface area (TPSA) is 92.8 Å². The Morgan fingerprint density at radius 1 is 1.00 bits per heavy atom. The molecule has 8 nitrogen and oxygen atoms in total. The average Bonchev–Trinajstić information content (AvgIpc) is 3.08. The van der Waals surface area contributed by atoms with Crippen LogP contribution in [0.25, 0.3) is 11.1 Å². The molecule has 1 aromatic heterocycles. The third-order valence-corrected chi connectivity index (χ3v) is 7.15. The zero-order valence-electron chi connectivity index (χ0n) is 16.6. The third-order valence-electron chi connectivity index (χ3n) is 5.26. The van der Waals surface area contributed by atoms with Gasteiger partial charge in [-0.05, 0) is 30.3 Å². The Balaban J connectivity index is 1.45. The van der Waals surface area contributed by atoms with Gasteiger partial charge in [-0.3, -0.25) is 9.36 Å². The van der Waals surface area contributed by atoms with Crippen LogP contribution in [0.1, 0.15) is 5.56 Å². The first-order valence-corrected chi connectivity index (χ1v) is 11.0. The van der Waals surface area contributed by atoms with Crippen molar-refractivity contribution in [2.45, 2.75) is 17.6 Å². The highest BCUT2D eigenvalue weighted by molar-refractivity contribution is 7.89. The smallest absolute Gasteiger partial charge is 0.408 e. The number of para-hydroxylation sites is 2. The first-order chi connectivity index (χ1) is 15.1. The lowest BCUT2D eigenvalue weighted by molar-refractivity contribution is -0.137. The standard InChI is InChI=1S/C20H18F3N3O5S/c21-20(22,23)14-4-3-5-15(12-14)32(29,30)25-10-8-24(9-11-25)18(27)13-26-16-6-1-2-7-17(16)31-19(26)28/h1-7,12H,8-11,13H2. The van der Waals surface area contributed by atoms with Gasteiger partial charge < -0.3 is 9.32 Å². The number of amides is 1. The molecule has 170 valence electrons. The minimum absolute atomic E-state index is 0.0432. The van der Waals surface area contributed by atoms with E-state index in [0.717, 1.165) is 22.5 Å². The summed E-state index contributed by atoms with van der Waals surface area (Å²) in [4.78, 5) is 25.7. The maximum absolute atomic E-state index is 12.9. The van der Waals surface area contributed by atoms with Crippen LogP contribution in [0.3, 0.4) is 0 Å². The summed E-state index contributed by atoms with van der Waals surface area (Å²) >= 11 is 0. The van der Waals surface area contributed by atoms with Crippen LogP contribution in [0.2, 0.25) is 0 Å². The highest BCUT2D eigenvalue weighted by atomic mass is 32.2. The van der Waals surface area contributed by atoms with Gasteiger partial charge in [-0.2, -0.15) is 17.5 Å². The molecule has 0 aliphatic carbocycles. The van der Waals surface area contributed by atoms with E-state index in [0.29, 0.717) is 17.2 Å². The molecule has 32 heavy (non-hydrogen) atoms. The van der Waals surface area contributed by atoms with E-state index < -0.39 is 38.3 Å². The number of piperazine rings is 1. The number of rotatable bonds is 4. The highest BCUT2D eigenvalue weighted by Crippen LogP contribution is 2.31. The van der Waals surface area contributed by atoms with Crippen molar-refractivity contribution in [1.29, 1.82) is 0 Å². The minimum atomic E-state index is -4.66. The number of hydrogen-bond donors (Lipinski definition) is 0. The van der Waals surface area contributed by atoms with Crippen LogP contribution in [-0.4, -0.2) is 54.3 Å². The fourth-order valence-electron chi connectivity index (χ4n) is 3.56. The molecule has 0 unspecified atom stereocenters. The van der Waals surface area contributed by atoms with E-state index in [9.17, 15) is 31.2 Å². The lowest BCUT2D eigenvalue weighted by Gasteiger charge is -2.34. The molecule has 0 atom stereocenters. The summed E-state index contributed by atoms with van der Waals surface area (Å²) < 4.78 is 71.7. The minimum Gasteiger partial charge on any atom is -0.408 e. The Labute approximate surface area is 180 Å². The highest BCUT2D eigenvalue weighted by Gasteiger charge is 2.34. The molecule has 3 aromatic rings. The summed E-state index contributed by atoms with van der Waals surface area (Å²) in [5.74, 6) is -1.07. The summed E-state index contributed by atoms with van der Waals surface area (Å²) in [6.45, 7) is -0.337. The van der Waals surface area contributed by atoms with E-state index in [4.69, 9.17) is 4.42 Å². The van der Waals surface area contributed by atoms with Gasteiger partial charge >= 0.3 is 11.9 Å². The van der Waals surface area contributed by atoms with Crippen LogP contribution in [0.5, 0.6) is 0 Å². The normalized spacial score (nSPS) is 15.9. The van der Waals surface area contributed by atoms with Crippen LogP contribution < -0.4 is 5.76 Å². The fourth-order valence-corrected chi connectivity index (χ4v) is 5.03. The number of hydrogen-bond acceptors (Lipinski definition) is 5. The van der Waals surface area contributed by atoms with E-state index in [1.807, 2.05) is 0 Å². The molecular formula is C20H18F3N3O5S. The van der Waals surface area contributed by atoms with E-state index in [2.05, 4.69) is 0 Å². The van der Waals surface area contributed by atoms with Gasteiger partial charge in [0, 0.05) is 26.2 Å². The molecule has 0 N–H and O–H groups in total. The number of nitrogens with zero attached hydrogens (tertiary/aromatic N) is 3. The quantitative estimate of drug-likeness (QED) is 0.584. The number of carbonyl (C=O) groups excluding carboxylic acids is 1. The van der Waals surface area contributed by atoms with E-state index in [-0.39, 0.29) is 32.7 Å². The fraction of sp³-hybridized carbons (Fsp3) is 0.300. The van der Waals surface area contributed by atoms with Crippen LogP contribution in [0, 0.1) is 0 Å². The van der Waals surface area contributed by atoms with Crippen molar-refractivity contribution in [3.63, 3.8) is 0 Å². The molecule has 12 heteroatoms. The average molecular weight is 469 g/mol. The summed E-state index contributed by atoms with van der Waals surface area (Å²) in [5, 5.41) is 0. The van der Waals surface area contributed by atoms with Gasteiger partial charge in [0.05, 0.1) is 16.0 Å². The molecule has 0 radical (unpaired) electrons. The van der Waals surface area contributed by atoms with E-state index >= 15 is 0 Å². The molecule has 4 rings (SSSR count). The summed E-state index contributed by atoms with van der Waals surface area (Å²) in [5.41, 5.74) is -0.232. The largest absolute Gasteiger partial charge is 0.420 e. The summed E-state index contributed by atoms with van der Waals surface area (Å²) in [6.07, 6.45) is -4.66. The zero-order chi connectivity index (χ0) is 23.1. The number of fused-ring (bicyclic) bond motifs is 1. The maximum Gasteiger partial charge on any atom is 0.420 e. The van der Waals surface area contributed by atoms with Crippen LogP contribution >= 0.6 is 0 Å².